The second-order valence-electron chi connectivity index (χ2n) is 4.64. The van der Waals surface area contributed by atoms with Crippen LogP contribution < -0.4 is 4.74 Å². The maximum atomic E-state index is 10.2. The van der Waals surface area contributed by atoms with E-state index in [-0.39, 0.29) is 5.41 Å². The van der Waals surface area contributed by atoms with Crippen molar-refractivity contribution in [1.82, 2.24) is 0 Å². The molecule has 0 aliphatic carbocycles. The average Bonchev–Trinajstić information content (AvgIpc) is 2.27. The monoisotopic (exact) mass is 242 g/mol. The number of hydrogen-bond acceptors (Lipinski definition) is 2. The third kappa shape index (κ3) is 2.69. The Morgan fingerprint density at radius 2 is 2.06 bits per heavy atom. The lowest BCUT2D eigenvalue weighted by Gasteiger charge is -2.29. The summed E-state index contributed by atoms with van der Waals surface area (Å²) in [5.41, 5.74) is 0.676. The first kappa shape index (κ1) is 13.3. The van der Waals surface area contributed by atoms with E-state index in [2.05, 4.69) is 6.92 Å². The van der Waals surface area contributed by atoms with E-state index in [1.807, 2.05) is 19.9 Å². The van der Waals surface area contributed by atoms with Gasteiger partial charge in [0.2, 0.25) is 0 Å². The molecule has 3 heteroatoms. The van der Waals surface area contributed by atoms with Gasteiger partial charge in [-0.1, -0.05) is 38.4 Å². The zero-order valence-corrected chi connectivity index (χ0v) is 11.0. The maximum Gasteiger partial charge on any atom is 0.137 e. The zero-order chi connectivity index (χ0) is 12.3. The number of halogens is 1. The lowest BCUT2D eigenvalue weighted by Crippen LogP contribution is -2.20. The van der Waals surface area contributed by atoms with Crippen molar-refractivity contribution >= 4 is 11.6 Å². The SMILES string of the molecule is CCC(C)(C)C(O)c1ccc(OC)c(Cl)c1. The van der Waals surface area contributed by atoms with Gasteiger partial charge in [-0.05, 0) is 29.5 Å². The lowest BCUT2D eigenvalue weighted by atomic mass is 9.80. The van der Waals surface area contributed by atoms with Crippen molar-refractivity contribution in [2.45, 2.75) is 33.3 Å². The van der Waals surface area contributed by atoms with Gasteiger partial charge in [0.05, 0.1) is 18.2 Å². The van der Waals surface area contributed by atoms with E-state index in [9.17, 15) is 5.11 Å². The Bertz CT molecular complexity index is 361. The lowest BCUT2D eigenvalue weighted by molar-refractivity contribution is 0.0465. The van der Waals surface area contributed by atoms with E-state index < -0.39 is 6.10 Å². The molecule has 90 valence electrons. The molecule has 0 spiro atoms. The third-order valence-electron chi connectivity index (χ3n) is 3.14. The minimum absolute atomic E-state index is 0.155. The number of hydrogen-bond donors (Lipinski definition) is 1. The number of aliphatic hydroxyl groups is 1. The minimum Gasteiger partial charge on any atom is -0.495 e. The van der Waals surface area contributed by atoms with E-state index in [0.29, 0.717) is 10.8 Å². The van der Waals surface area contributed by atoms with Gasteiger partial charge in [-0.2, -0.15) is 0 Å². The number of benzene rings is 1. The predicted molar refractivity (Wildman–Crippen MR) is 67.0 cm³/mol. The van der Waals surface area contributed by atoms with Crippen LogP contribution in [0.4, 0.5) is 0 Å². The van der Waals surface area contributed by atoms with Gasteiger partial charge in [-0.3, -0.25) is 0 Å². The van der Waals surface area contributed by atoms with E-state index in [1.54, 1.807) is 19.2 Å². The van der Waals surface area contributed by atoms with Gasteiger partial charge >= 0.3 is 0 Å². The van der Waals surface area contributed by atoms with Crippen molar-refractivity contribution in [3.63, 3.8) is 0 Å². The standard InChI is InChI=1S/C13H19ClO2/c1-5-13(2,3)12(15)9-6-7-11(16-4)10(14)8-9/h6-8,12,15H,5H2,1-4H3. The maximum absolute atomic E-state index is 10.2. The molecule has 0 saturated carbocycles. The van der Waals surface area contributed by atoms with Gasteiger partial charge in [-0.25, -0.2) is 0 Å². The van der Waals surface area contributed by atoms with Crippen LogP contribution in [0.15, 0.2) is 18.2 Å². The molecule has 1 atom stereocenters. The van der Waals surface area contributed by atoms with Crippen LogP contribution in [0.25, 0.3) is 0 Å². The quantitative estimate of drug-likeness (QED) is 0.870. The fourth-order valence-electron chi connectivity index (χ4n) is 1.50. The molecule has 1 unspecified atom stereocenters. The van der Waals surface area contributed by atoms with Gasteiger partial charge < -0.3 is 9.84 Å². The van der Waals surface area contributed by atoms with Crippen LogP contribution in [0.5, 0.6) is 5.75 Å². The fraction of sp³-hybridized carbons (Fsp3) is 0.538. The van der Waals surface area contributed by atoms with Gasteiger partial charge in [0.15, 0.2) is 0 Å². The van der Waals surface area contributed by atoms with E-state index in [1.165, 1.54) is 0 Å². The van der Waals surface area contributed by atoms with Crippen LogP contribution in [0.1, 0.15) is 38.9 Å². The Morgan fingerprint density at radius 3 is 2.50 bits per heavy atom. The van der Waals surface area contributed by atoms with E-state index >= 15 is 0 Å². The van der Waals surface area contributed by atoms with Crippen LogP contribution in [-0.2, 0) is 0 Å². The van der Waals surface area contributed by atoms with Crippen molar-refractivity contribution in [2.24, 2.45) is 5.41 Å². The summed E-state index contributed by atoms with van der Waals surface area (Å²) in [5.74, 6) is 0.631. The van der Waals surface area contributed by atoms with Crippen molar-refractivity contribution in [3.8, 4) is 5.75 Å². The highest BCUT2D eigenvalue weighted by molar-refractivity contribution is 6.32. The highest BCUT2D eigenvalue weighted by atomic mass is 35.5. The summed E-state index contributed by atoms with van der Waals surface area (Å²) in [7, 11) is 1.58. The molecule has 0 fully saturated rings. The average molecular weight is 243 g/mol. The molecule has 0 heterocycles. The summed E-state index contributed by atoms with van der Waals surface area (Å²) < 4.78 is 5.08. The molecule has 0 saturated heterocycles. The van der Waals surface area contributed by atoms with Gasteiger partial charge in [0.25, 0.3) is 0 Å². The van der Waals surface area contributed by atoms with E-state index in [0.717, 1.165) is 12.0 Å². The van der Waals surface area contributed by atoms with Gasteiger partial charge in [0, 0.05) is 0 Å². The zero-order valence-electron chi connectivity index (χ0n) is 10.2. The third-order valence-corrected chi connectivity index (χ3v) is 3.44. The summed E-state index contributed by atoms with van der Waals surface area (Å²) >= 11 is 6.03. The molecule has 0 aliphatic heterocycles. The van der Waals surface area contributed by atoms with Gasteiger partial charge in [0.1, 0.15) is 5.75 Å². The largest absolute Gasteiger partial charge is 0.495 e. The predicted octanol–water partition coefficient (Wildman–Crippen LogP) is 3.82. The number of rotatable bonds is 4. The molecule has 1 N–H and O–H groups in total. The molecule has 1 aromatic carbocycles. The Morgan fingerprint density at radius 1 is 1.44 bits per heavy atom. The van der Waals surface area contributed by atoms with Crippen molar-refractivity contribution in [2.75, 3.05) is 7.11 Å². The van der Waals surface area contributed by atoms with Crippen molar-refractivity contribution in [1.29, 1.82) is 0 Å². The summed E-state index contributed by atoms with van der Waals surface area (Å²) in [5, 5.41) is 10.8. The summed E-state index contributed by atoms with van der Waals surface area (Å²) in [6.07, 6.45) is 0.388. The van der Waals surface area contributed by atoms with Gasteiger partial charge in [-0.15, -0.1) is 0 Å². The first-order valence-electron chi connectivity index (χ1n) is 5.44. The molecule has 1 aromatic rings. The van der Waals surface area contributed by atoms with Crippen molar-refractivity contribution in [3.05, 3.63) is 28.8 Å². The second-order valence-corrected chi connectivity index (χ2v) is 5.05. The smallest absolute Gasteiger partial charge is 0.137 e. The Labute approximate surface area is 102 Å². The highest BCUT2D eigenvalue weighted by Crippen LogP contribution is 2.38. The molecule has 2 nitrogen and oxygen atoms in total. The second kappa shape index (κ2) is 5.07. The topological polar surface area (TPSA) is 29.5 Å². The summed E-state index contributed by atoms with van der Waals surface area (Å²) in [6.45, 7) is 6.14. The molecule has 16 heavy (non-hydrogen) atoms. The number of ether oxygens (including phenoxy) is 1. The Hall–Kier alpha value is -0.730. The number of aliphatic hydroxyl groups excluding tert-OH is 1. The summed E-state index contributed by atoms with van der Waals surface area (Å²) in [6, 6.07) is 5.40. The fourth-order valence-corrected chi connectivity index (χ4v) is 1.76. The molecule has 0 bridgehead atoms. The number of methoxy groups -OCH3 is 1. The Balaban J connectivity index is 3.02. The molecular formula is C13H19ClO2. The molecular weight excluding hydrogens is 224 g/mol. The molecule has 1 rings (SSSR count). The van der Waals surface area contributed by atoms with E-state index in [4.69, 9.17) is 16.3 Å². The first-order chi connectivity index (χ1) is 7.42. The minimum atomic E-state index is -0.513. The van der Waals surface area contributed by atoms with Crippen molar-refractivity contribution < 1.29 is 9.84 Å². The first-order valence-corrected chi connectivity index (χ1v) is 5.81. The van der Waals surface area contributed by atoms with Crippen LogP contribution >= 0.6 is 11.6 Å². The summed E-state index contributed by atoms with van der Waals surface area (Å²) in [4.78, 5) is 0. The van der Waals surface area contributed by atoms with Crippen LogP contribution in [0, 0.1) is 5.41 Å². The Kier molecular flexibility index (Phi) is 4.22. The molecule has 0 amide bonds. The highest BCUT2D eigenvalue weighted by Gasteiger charge is 2.27. The molecule has 0 radical (unpaired) electrons. The van der Waals surface area contributed by atoms with Crippen LogP contribution in [0.2, 0.25) is 5.02 Å². The normalized spacial score (nSPS) is 13.6. The molecule has 0 aliphatic rings. The van der Waals surface area contributed by atoms with Crippen LogP contribution in [-0.4, -0.2) is 12.2 Å². The van der Waals surface area contributed by atoms with Crippen LogP contribution in [0.3, 0.4) is 0 Å². The molecule has 0 aromatic heterocycles.